The largest absolute Gasteiger partial charge is 0.395 e. The van der Waals surface area contributed by atoms with Crippen LogP contribution < -0.4 is 0 Å². The molecule has 5 nitrogen and oxygen atoms in total. The lowest BCUT2D eigenvalue weighted by molar-refractivity contribution is 0.217. The van der Waals surface area contributed by atoms with Gasteiger partial charge in [-0.2, -0.15) is 4.31 Å². The molecule has 0 spiro atoms. The van der Waals surface area contributed by atoms with E-state index in [1.54, 1.807) is 0 Å². The number of benzene rings is 1. The highest BCUT2D eigenvalue weighted by atomic mass is 32.2. The molecule has 0 amide bonds. The Balaban J connectivity index is 2.77. The standard InChI is InChI=1S/C13H21NO4S/c1-12(13-5-3-2-4-6-13)11-19(17,18)14(7-9-15)8-10-16/h2-6,12,15-16H,7-11H2,1H3. The van der Waals surface area contributed by atoms with Crippen LogP contribution in [0.5, 0.6) is 0 Å². The summed E-state index contributed by atoms with van der Waals surface area (Å²) in [6.07, 6.45) is 0. The molecule has 1 aromatic carbocycles. The van der Waals surface area contributed by atoms with Crippen LogP contribution in [0.4, 0.5) is 0 Å². The first kappa shape index (κ1) is 16.1. The van der Waals surface area contributed by atoms with Crippen molar-refractivity contribution in [2.75, 3.05) is 32.1 Å². The van der Waals surface area contributed by atoms with Gasteiger partial charge in [-0.1, -0.05) is 37.3 Å². The molecule has 0 fully saturated rings. The summed E-state index contributed by atoms with van der Waals surface area (Å²) in [6, 6.07) is 9.41. The lowest BCUT2D eigenvalue weighted by atomic mass is 10.0. The summed E-state index contributed by atoms with van der Waals surface area (Å²) in [7, 11) is -3.48. The Bertz CT molecular complexity index is 455. The van der Waals surface area contributed by atoms with E-state index in [0.717, 1.165) is 9.87 Å². The summed E-state index contributed by atoms with van der Waals surface area (Å²) in [5.74, 6) is -0.164. The molecule has 0 heterocycles. The van der Waals surface area contributed by atoms with Crippen LogP contribution in [-0.2, 0) is 10.0 Å². The molecule has 1 aromatic rings. The molecule has 1 unspecified atom stereocenters. The Hall–Kier alpha value is -0.950. The van der Waals surface area contributed by atoms with E-state index in [1.807, 2.05) is 37.3 Å². The van der Waals surface area contributed by atoms with Gasteiger partial charge in [0.2, 0.25) is 10.0 Å². The number of aliphatic hydroxyl groups excluding tert-OH is 2. The minimum Gasteiger partial charge on any atom is -0.395 e. The van der Waals surface area contributed by atoms with Crippen molar-refractivity contribution in [2.24, 2.45) is 0 Å². The fraction of sp³-hybridized carbons (Fsp3) is 0.538. The summed E-state index contributed by atoms with van der Waals surface area (Å²) >= 11 is 0. The third-order valence-corrected chi connectivity index (χ3v) is 4.99. The van der Waals surface area contributed by atoms with Gasteiger partial charge in [0.1, 0.15) is 0 Å². The summed E-state index contributed by atoms with van der Waals surface area (Å²) in [6.45, 7) is 1.38. The SMILES string of the molecule is CC(CS(=O)(=O)N(CCO)CCO)c1ccccc1. The first-order valence-corrected chi connectivity index (χ1v) is 7.86. The number of rotatable bonds is 8. The van der Waals surface area contributed by atoms with Gasteiger partial charge in [-0.25, -0.2) is 8.42 Å². The van der Waals surface area contributed by atoms with Crippen molar-refractivity contribution in [1.29, 1.82) is 0 Å². The highest BCUT2D eigenvalue weighted by Gasteiger charge is 2.24. The third-order valence-electron chi connectivity index (χ3n) is 2.92. The van der Waals surface area contributed by atoms with E-state index in [4.69, 9.17) is 10.2 Å². The molecule has 0 aliphatic rings. The molecule has 6 heteroatoms. The summed E-state index contributed by atoms with van der Waals surface area (Å²) in [5, 5.41) is 17.8. The second-order valence-electron chi connectivity index (χ2n) is 4.44. The molecule has 19 heavy (non-hydrogen) atoms. The number of hydrogen-bond donors (Lipinski definition) is 2. The van der Waals surface area contributed by atoms with Crippen molar-refractivity contribution < 1.29 is 18.6 Å². The Morgan fingerprint density at radius 1 is 1.11 bits per heavy atom. The van der Waals surface area contributed by atoms with Crippen LogP contribution in [-0.4, -0.2) is 55.0 Å². The van der Waals surface area contributed by atoms with Crippen LogP contribution in [0.3, 0.4) is 0 Å². The van der Waals surface area contributed by atoms with E-state index >= 15 is 0 Å². The van der Waals surface area contributed by atoms with Gasteiger partial charge >= 0.3 is 0 Å². The van der Waals surface area contributed by atoms with Crippen molar-refractivity contribution >= 4 is 10.0 Å². The van der Waals surface area contributed by atoms with Gasteiger partial charge in [0.05, 0.1) is 19.0 Å². The fourth-order valence-corrected chi connectivity index (χ4v) is 3.67. The zero-order valence-electron chi connectivity index (χ0n) is 11.1. The molecule has 2 N–H and O–H groups in total. The van der Waals surface area contributed by atoms with E-state index in [0.29, 0.717) is 0 Å². The molecule has 1 rings (SSSR count). The highest BCUT2D eigenvalue weighted by Crippen LogP contribution is 2.18. The quantitative estimate of drug-likeness (QED) is 0.726. The molecule has 0 aliphatic heterocycles. The maximum absolute atomic E-state index is 12.2. The highest BCUT2D eigenvalue weighted by molar-refractivity contribution is 7.89. The molecule has 0 aromatic heterocycles. The Morgan fingerprint density at radius 2 is 1.63 bits per heavy atom. The maximum Gasteiger partial charge on any atom is 0.214 e. The molecule has 0 saturated heterocycles. The maximum atomic E-state index is 12.2. The summed E-state index contributed by atoms with van der Waals surface area (Å²) < 4.78 is 25.5. The third kappa shape index (κ3) is 4.91. The first-order chi connectivity index (χ1) is 9.01. The first-order valence-electron chi connectivity index (χ1n) is 6.25. The number of aliphatic hydroxyl groups is 2. The molecular weight excluding hydrogens is 266 g/mol. The van der Waals surface area contributed by atoms with Gasteiger partial charge in [-0.3, -0.25) is 0 Å². The molecule has 0 bridgehead atoms. The predicted molar refractivity (Wildman–Crippen MR) is 74.4 cm³/mol. The number of nitrogens with zero attached hydrogens (tertiary/aromatic N) is 1. The minimum atomic E-state index is -3.48. The van der Waals surface area contributed by atoms with Crippen molar-refractivity contribution in [3.8, 4) is 0 Å². The average molecular weight is 287 g/mol. The molecular formula is C13H21NO4S. The van der Waals surface area contributed by atoms with Crippen LogP contribution in [0.25, 0.3) is 0 Å². The van der Waals surface area contributed by atoms with Gasteiger partial charge in [-0.05, 0) is 11.5 Å². The Morgan fingerprint density at radius 3 is 2.11 bits per heavy atom. The van der Waals surface area contributed by atoms with Gasteiger partial charge in [-0.15, -0.1) is 0 Å². The number of hydrogen-bond acceptors (Lipinski definition) is 4. The second-order valence-corrected chi connectivity index (χ2v) is 6.45. The summed E-state index contributed by atoms with van der Waals surface area (Å²) in [5.41, 5.74) is 0.957. The molecule has 0 aliphatic carbocycles. The lowest BCUT2D eigenvalue weighted by Gasteiger charge is -2.22. The van der Waals surface area contributed by atoms with Gasteiger partial charge < -0.3 is 10.2 Å². The topological polar surface area (TPSA) is 77.8 Å². The Kier molecular flexibility index (Phi) is 6.44. The predicted octanol–water partition coefficient (Wildman–Crippen LogP) is 0.407. The van der Waals surface area contributed by atoms with E-state index in [1.165, 1.54) is 0 Å². The minimum absolute atomic E-state index is 0.0183. The van der Waals surface area contributed by atoms with Crippen LogP contribution in [0.15, 0.2) is 30.3 Å². The van der Waals surface area contributed by atoms with Crippen LogP contribution in [0, 0.1) is 0 Å². The van der Waals surface area contributed by atoms with Crippen LogP contribution in [0.2, 0.25) is 0 Å². The second kappa shape index (κ2) is 7.59. The van der Waals surface area contributed by atoms with Gasteiger partial charge in [0.25, 0.3) is 0 Å². The lowest BCUT2D eigenvalue weighted by Crippen LogP contribution is -2.38. The van der Waals surface area contributed by atoms with Crippen LogP contribution >= 0.6 is 0 Å². The number of sulfonamides is 1. The molecule has 108 valence electrons. The molecule has 1 atom stereocenters. The molecule has 0 radical (unpaired) electrons. The van der Waals surface area contributed by atoms with E-state index in [-0.39, 0.29) is 38.0 Å². The van der Waals surface area contributed by atoms with Crippen molar-refractivity contribution in [3.63, 3.8) is 0 Å². The van der Waals surface area contributed by atoms with Gasteiger partial charge in [0, 0.05) is 13.1 Å². The van der Waals surface area contributed by atoms with Crippen molar-refractivity contribution in [2.45, 2.75) is 12.8 Å². The van der Waals surface area contributed by atoms with Crippen molar-refractivity contribution in [1.82, 2.24) is 4.31 Å². The molecule has 0 saturated carbocycles. The normalized spacial score (nSPS) is 13.7. The Labute approximate surface area is 114 Å². The van der Waals surface area contributed by atoms with E-state index in [9.17, 15) is 8.42 Å². The monoisotopic (exact) mass is 287 g/mol. The average Bonchev–Trinajstić information content (AvgIpc) is 2.39. The zero-order valence-corrected chi connectivity index (χ0v) is 11.9. The fourth-order valence-electron chi connectivity index (χ4n) is 1.91. The smallest absolute Gasteiger partial charge is 0.214 e. The van der Waals surface area contributed by atoms with E-state index < -0.39 is 10.0 Å². The van der Waals surface area contributed by atoms with Crippen molar-refractivity contribution in [3.05, 3.63) is 35.9 Å². The zero-order chi connectivity index (χ0) is 14.3. The summed E-state index contributed by atoms with van der Waals surface area (Å²) in [4.78, 5) is 0. The van der Waals surface area contributed by atoms with Crippen LogP contribution in [0.1, 0.15) is 18.4 Å². The van der Waals surface area contributed by atoms with E-state index in [2.05, 4.69) is 0 Å². The van der Waals surface area contributed by atoms with Gasteiger partial charge in [0.15, 0.2) is 0 Å².